The fraction of sp³-hybridized carbons (Fsp3) is 0.938. The molecule has 3 nitrogen and oxygen atoms in total. The molecule has 19 heavy (non-hydrogen) atoms. The molecule has 0 rings (SSSR count). The second-order valence-corrected chi connectivity index (χ2v) is 5.46. The molecule has 0 aliphatic carbocycles. The van der Waals surface area contributed by atoms with E-state index in [2.05, 4.69) is 32.6 Å². The highest BCUT2D eigenvalue weighted by atomic mass is 16.5. The number of hydrogen-bond acceptors (Lipinski definition) is 3. The summed E-state index contributed by atoms with van der Waals surface area (Å²) in [5.74, 6) is -0.0626. The average molecular weight is 271 g/mol. The lowest BCUT2D eigenvalue weighted by atomic mass is 9.88. The van der Waals surface area contributed by atoms with Gasteiger partial charge in [0, 0.05) is 5.54 Å². The van der Waals surface area contributed by atoms with Gasteiger partial charge in [-0.1, -0.05) is 46.5 Å². The van der Waals surface area contributed by atoms with E-state index in [1.807, 2.05) is 6.92 Å². The first-order chi connectivity index (χ1) is 9.03. The van der Waals surface area contributed by atoms with Gasteiger partial charge in [0.15, 0.2) is 0 Å². The van der Waals surface area contributed by atoms with Crippen LogP contribution in [0.4, 0.5) is 0 Å². The van der Waals surface area contributed by atoms with Gasteiger partial charge >= 0.3 is 5.97 Å². The highest BCUT2D eigenvalue weighted by molar-refractivity contribution is 5.70. The fourth-order valence-electron chi connectivity index (χ4n) is 2.80. The molecule has 0 aromatic rings. The second kappa shape index (κ2) is 10.2. The van der Waals surface area contributed by atoms with Gasteiger partial charge in [0.05, 0.1) is 13.0 Å². The first-order valence-electron chi connectivity index (χ1n) is 7.94. The van der Waals surface area contributed by atoms with E-state index >= 15 is 0 Å². The van der Waals surface area contributed by atoms with E-state index in [-0.39, 0.29) is 11.5 Å². The maximum Gasteiger partial charge on any atom is 0.307 e. The molecule has 0 saturated heterocycles. The van der Waals surface area contributed by atoms with Crippen molar-refractivity contribution in [2.75, 3.05) is 19.7 Å². The minimum atomic E-state index is -0.0626. The summed E-state index contributed by atoms with van der Waals surface area (Å²) in [4.78, 5) is 14.2. The maximum atomic E-state index is 11.8. The van der Waals surface area contributed by atoms with Gasteiger partial charge in [0.2, 0.25) is 0 Å². The molecule has 1 unspecified atom stereocenters. The predicted molar refractivity (Wildman–Crippen MR) is 81.3 cm³/mol. The van der Waals surface area contributed by atoms with Gasteiger partial charge in [-0.3, -0.25) is 9.69 Å². The molecule has 114 valence electrons. The number of unbranched alkanes of at least 4 members (excludes halogenated alkanes) is 3. The maximum absolute atomic E-state index is 11.8. The van der Waals surface area contributed by atoms with Crippen LogP contribution in [0.3, 0.4) is 0 Å². The van der Waals surface area contributed by atoms with E-state index in [1.165, 1.54) is 25.7 Å². The molecule has 0 spiro atoms. The molecule has 0 amide bonds. The van der Waals surface area contributed by atoms with E-state index in [1.54, 1.807) is 0 Å². The Labute approximate surface area is 119 Å². The van der Waals surface area contributed by atoms with Crippen LogP contribution in [0, 0.1) is 0 Å². The average Bonchev–Trinajstić information content (AvgIpc) is 2.36. The monoisotopic (exact) mass is 271 g/mol. The predicted octanol–water partition coefficient (Wildman–Crippen LogP) is 4.01. The van der Waals surface area contributed by atoms with Crippen molar-refractivity contribution in [2.45, 2.75) is 78.7 Å². The smallest absolute Gasteiger partial charge is 0.307 e. The summed E-state index contributed by atoms with van der Waals surface area (Å²) in [5, 5.41) is 0. The van der Waals surface area contributed by atoms with Crippen LogP contribution in [-0.4, -0.2) is 36.1 Å². The minimum Gasteiger partial charge on any atom is -0.466 e. The normalized spacial score (nSPS) is 14.4. The van der Waals surface area contributed by atoms with Crippen molar-refractivity contribution < 1.29 is 9.53 Å². The van der Waals surface area contributed by atoms with Crippen LogP contribution in [0.2, 0.25) is 0 Å². The van der Waals surface area contributed by atoms with E-state index < -0.39 is 0 Å². The van der Waals surface area contributed by atoms with Gasteiger partial charge in [-0.15, -0.1) is 0 Å². The van der Waals surface area contributed by atoms with Crippen LogP contribution >= 0.6 is 0 Å². The number of carbonyl (C=O) groups is 1. The molecule has 0 bridgehead atoms. The quantitative estimate of drug-likeness (QED) is 0.420. The zero-order valence-electron chi connectivity index (χ0n) is 13.6. The van der Waals surface area contributed by atoms with E-state index in [9.17, 15) is 4.79 Å². The summed E-state index contributed by atoms with van der Waals surface area (Å²) in [6.07, 6.45) is 6.58. The number of carbonyl (C=O) groups excluding carboxylic acids is 1. The molecule has 0 heterocycles. The van der Waals surface area contributed by atoms with Crippen molar-refractivity contribution in [1.29, 1.82) is 0 Å². The minimum absolute atomic E-state index is 0.0521. The Morgan fingerprint density at radius 1 is 1.05 bits per heavy atom. The summed E-state index contributed by atoms with van der Waals surface area (Å²) in [6, 6.07) is 0. The van der Waals surface area contributed by atoms with Crippen molar-refractivity contribution in [3.8, 4) is 0 Å². The third-order valence-electron chi connectivity index (χ3n) is 3.93. The van der Waals surface area contributed by atoms with Gasteiger partial charge in [0.1, 0.15) is 0 Å². The van der Waals surface area contributed by atoms with Crippen LogP contribution in [0.25, 0.3) is 0 Å². The SMILES string of the molecule is CCCCCCC(C)(CC(=O)OCC)N(CC)CC. The van der Waals surface area contributed by atoms with Crippen LogP contribution in [0.1, 0.15) is 73.1 Å². The number of nitrogens with zero attached hydrogens (tertiary/aromatic N) is 1. The van der Waals surface area contributed by atoms with Gasteiger partial charge in [-0.2, -0.15) is 0 Å². The van der Waals surface area contributed by atoms with Gasteiger partial charge in [-0.05, 0) is 33.4 Å². The van der Waals surface area contributed by atoms with Crippen LogP contribution in [0.5, 0.6) is 0 Å². The van der Waals surface area contributed by atoms with E-state index in [4.69, 9.17) is 4.74 Å². The molecule has 0 aromatic carbocycles. The van der Waals surface area contributed by atoms with Crippen LogP contribution in [-0.2, 0) is 9.53 Å². The van der Waals surface area contributed by atoms with Gasteiger partial charge in [-0.25, -0.2) is 0 Å². The van der Waals surface area contributed by atoms with Crippen molar-refractivity contribution in [2.24, 2.45) is 0 Å². The number of ether oxygens (including phenoxy) is 1. The molecule has 0 aliphatic heterocycles. The summed E-state index contributed by atoms with van der Waals surface area (Å²) in [5.41, 5.74) is -0.0521. The Morgan fingerprint density at radius 2 is 1.68 bits per heavy atom. The Balaban J connectivity index is 4.56. The molecule has 0 N–H and O–H groups in total. The Morgan fingerprint density at radius 3 is 2.16 bits per heavy atom. The van der Waals surface area contributed by atoms with Gasteiger partial charge < -0.3 is 4.74 Å². The molecule has 0 fully saturated rings. The zero-order valence-corrected chi connectivity index (χ0v) is 13.6. The zero-order chi connectivity index (χ0) is 14.7. The highest BCUT2D eigenvalue weighted by Gasteiger charge is 2.32. The lowest BCUT2D eigenvalue weighted by Gasteiger charge is -2.40. The van der Waals surface area contributed by atoms with Crippen LogP contribution in [0.15, 0.2) is 0 Å². The molecule has 3 heteroatoms. The Bertz CT molecular complexity index is 239. The van der Waals surface area contributed by atoms with Crippen molar-refractivity contribution in [3.63, 3.8) is 0 Å². The van der Waals surface area contributed by atoms with Crippen molar-refractivity contribution in [1.82, 2.24) is 4.90 Å². The first kappa shape index (κ1) is 18.4. The number of rotatable bonds is 11. The standard InChI is InChI=1S/C16H33NO2/c1-6-10-11-12-13-16(5,17(7-2)8-3)14-15(18)19-9-4/h6-14H2,1-5H3. The van der Waals surface area contributed by atoms with Gasteiger partial charge in [0.25, 0.3) is 0 Å². The lowest BCUT2D eigenvalue weighted by molar-refractivity contribution is -0.146. The molecule has 1 atom stereocenters. The molecular weight excluding hydrogens is 238 g/mol. The molecule has 0 aromatic heterocycles. The van der Waals surface area contributed by atoms with Crippen molar-refractivity contribution >= 4 is 5.97 Å². The number of esters is 1. The number of hydrogen-bond donors (Lipinski definition) is 0. The Kier molecular flexibility index (Phi) is 9.94. The van der Waals surface area contributed by atoms with E-state index in [0.717, 1.165) is 19.5 Å². The summed E-state index contributed by atoms with van der Waals surface area (Å²) in [7, 11) is 0. The highest BCUT2D eigenvalue weighted by Crippen LogP contribution is 2.27. The lowest BCUT2D eigenvalue weighted by Crippen LogP contribution is -2.48. The topological polar surface area (TPSA) is 29.5 Å². The third kappa shape index (κ3) is 6.95. The molecule has 0 radical (unpaired) electrons. The van der Waals surface area contributed by atoms with Crippen molar-refractivity contribution in [3.05, 3.63) is 0 Å². The molecular formula is C16H33NO2. The summed E-state index contributed by atoms with van der Waals surface area (Å²) in [6.45, 7) is 13.1. The second-order valence-electron chi connectivity index (χ2n) is 5.46. The summed E-state index contributed by atoms with van der Waals surface area (Å²) >= 11 is 0. The van der Waals surface area contributed by atoms with Crippen LogP contribution < -0.4 is 0 Å². The Hall–Kier alpha value is -0.570. The first-order valence-corrected chi connectivity index (χ1v) is 7.94. The van der Waals surface area contributed by atoms with E-state index in [0.29, 0.717) is 13.0 Å². The molecule has 0 saturated carbocycles. The molecule has 0 aliphatic rings. The third-order valence-corrected chi connectivity index (χ3v) is 3.93. The fourth-order valence-corrected chi connectivity index (χ4v) is 2.80. The largest absolute Gasteiger partial charge is 0.466 e. The summed E-state index contributed by atoms with van der Waals surface area (Å²) < 4.78 is 5.14.